The molecule has 0 aliphatic rings. The fourth-order valence-corrected chi connectivity index (χ4v) is 0.686. The van der Waals surface area contributed by atoms with Gasteiger partial charge in [0.05, 0.1) is 0 Å². The van der Waals surface area contributed by atoms with Gasteiger partial charge in [0.25, 0.3) is 0 Å². The molecule has 1 unspecified atom stereocenters. The van der Waals surface area contributed by atoms with Crippen molar-refractivity contribution >= 4 is 17.0 Å². The van der Waals surface area contributed by atoms with Crippen LogP contribution in [0.4, 0.5) is 5.95 Å². The number of aromatic amines is 1. The Morgan fingerprint density at radius 2 is 2.36 bits per heavy atom. The molecule has 0 aliphatic carbocycles. The average Bonchev–Trinajstić information content (AvgIpc) is 2.33. The summed E-state index contributed by atoms with van der Waals surface area (Å²) in [6, 6.07) is 0. The van der Waals surface area contributed by atoms with E-state index in [0.717, 1.165) is 0 Å². The number of nitrogens with one attached hydrogen (secondary N) is 1. The van der Waals surface area contributed by atoms with Crippen molar-refractivity contribution in [3.05, 3.63) is 10.1 Å². The molecule has 2 N–H and O–H groups in total. The first-order valence-electron chi connectivity index (χ1n) is 2.29. The van der Waals surface area contributed by atoms with Gasteiger partial charge in [-0.05, 0) is 9.91 Å². The molecular weight excluding hydrogens is 176 g/mol. The van der Waals surface area contributed by atoms with E-state index in [1.807, 2.05) is 5.10 Å². The van der Waals surface area contributed by atoms with E-state index >= 15 is 0 Å². The van der Waals surface area contributed by atoms with Crippen LogP contribution >= 0.6 is 0 Å². The van der Waals surface area contributed by atoms with Gasteiger partial charge < -0.3 is 10.1 Å². The number of nitro groups is 1. The van der Waals surface area contributed by atoms with E-state index in [2.05, 4.69) is 10.1 Å². The lowest BCUT2D eigenvalue weighted by atomic mass is 11.1. The summed E-state index contributed by atoms with van der Waals surface area (Å²) >= 11 is -2.38. The van der Waals surface area contributed by atoms with Crippen LogP contribution in [0.15, 0.2) is 5.16 Å². The average molecular weight is 178 g/mol. The Morgan fingerprint density at radius 1 is 1.73 bits per heavy atom. The molecule has 60 valence electrons. The van der Waals surface area contributed by atoms with Gasteiger partial charge in [-0.15, -0.1) is 5.10 Å². The summed E-state index contributed by atoms with van der Waals surface area (Å²) in [5, 5.41) is 14.4. The molecule has 1 rings (SSSR count). The summed E-state index contributed by atoms with van der Waals surface area (Å²) in [5.41, 5.74) is 0. The van der Waals surface area contributed by atoms with Gasteiger partial charge in [0.1, 0.15) is 0 Å². The highest BCUT2D eigenvalue weighted by Crippen LogP contribution is 2.02. The number of hydrogen-bond acceptors (Lipinski definition) is 5. The third-order valence-corrected chi connectivity index (χ3v) is 1.28. The molecule has 1 aromatic rings. The van der Waals surface area contributed by atoms with E-state index in [0.29, 0.717) is 0 Å². The quantitative estimate of drug-likeness (QED) is 0.350. The first kappa shape index (κ1) is 7.75. The van der Waals surface area contributed by atoms with Gasteiger partial charge in [0, 0.05) is 0 Å². The number of aromatic nitrogens is 3. The Morgan fingerprint density at radius 3 is 2.64 bits per heavy atom. The van der Waals surface area contributed by atoms with E-state index in [4.69, 9.17) is 4.55 Å². The van der Waals surface area contributed by atoms with Crippen LogP contribution in [0.3, 0.4) is 0 Å². The van der Waals surface area contributed by atoms with Gasteiger partial charge in [0.2, 0.25) is 11.1 Å². The van der Waals surface area contributed by atoms with Crippen molar-refractivity contribution in [3.8, 4) is 0 Å². The van der Waals surface area contributed by atoms with E-state index in [1.54, 1.807) is 0 Å². The third-order valence-electron chi connectivity index (χ3n) is 0.782. The van der Waals surface area contributed by atoms with Gasteiger partial charge in [-0.25, -0.2) is 4.21 Å². The Labute approximate surface area is 62.1 Å². The predicted molar refractivity (Wildman–Crippen MR) is 32.1 cm³/mol. The number of nitrogens with zero attached hydrogens (tertiary/aromatic N) is 3. The predicted octanol–water partition coefficient (Wildman–Crippen LogP) is -0.707. The van der Waals surface area contributed by atoms with Crippen LogP contribution in [0.5, 0.6) is 0 Å². The van der Waals surface area contributed by atoms with E-state index in [9.17, 15) is 14.3 Å². The van der Waals surface area contributed by atoms with E-state index in [1.165, 1.54) is 0 Å². The number of rotatable bonds is 2. The summed E-state index contributed by atoms with van der Waals surface area (Å²) in [6.45, 7) is 0. The van der Waals surface area contributed by atoms with Crippen molar-refractivity contribution in [1.29, 1.82) is 0 Å². The second-order valence-electron chi connectivity index (χ2n) is 1.45. The summed E-state index contributed by atoms with van der Waals surface area (Å²) < 4.78 is 18.5. The topological polar surface area (TPSA) is 122 Å². The van der Waals surface area contributed by atoms with Crippen LogP contribution in [0, 0.1) is 10.1 Å². The highest BCUT2D eigenvalue weighted by Gasteiger charge is 2.17. The molecule has 0 bridgehead atoms. The number of H-pyrrole nitrogens is 1. The maximum absolute atomic E-state index is 10.2. The molecule has 1 aromatic heterocycles. The lowest BCUT2D eigenvalue weighted by Crippen LogP contribution is -1.92. The Hall–Kier alpha value is -1.35. The van der Waals surface area contributed by atoms with Crippen LogP contribution in [0.2, 0.25) is 0 Å². The maximum Gasteiger partial charge on any atom is 0.454 e. The zero-order chi connectivity index (χ0) is 8.43. The zero-order valence-electron chi connectivity index (χ0n) is 4.92. The first-order chi connectivity index (χ1) is 5.11. The molecule has 0 spiro atoms. The zero-order valence-corrected chi connectivity index (χ0v) is 5.74. The van der Waals surface area contributed by atoms with Crippen molar-refractivity contribution in [2.45, 2.75) is 5.16 Å². The molecule has 0 radical (unpaired) electrons. The lowest BCUT2D eigenvalue weighted by molar-refractivity contribution is -0.394. The highest BCUT2D eigenvalue weighted by molar-refractivity contribution is 7.79. The van der Waals surface area contributed by atoms with Gasteiger partial charge in [0.15, 0.2) is 0 Å². The van der Waals surface area contributed by atoms with Crippen molar-refractivity contribution in [2.24, 2.45) is 0 Å². The first-order valence-corrected chi connectivity index (χ1v) is 3.39. The van der Waals surface area contributed by atoms with E-state index < -0.39 is 27.1 Å². The van der Waals surface area contributed by atoms with Gasteiger partial charge >= 0.3 is 11.1 Å². The molecule has 0 aromatic carbocycles. The largest absolute Gasteiger partial charge is 0.454 e. The van der Waals surface area contributed by atoms with Crippen LogP contribution in [-0.4, -0.2) is 28.9 Å². The van der Waals surface area contributed by atoms with Crippen LogP contribution in [0.25, 0.3) is 0 Å². The second kappa shape index (κ2) is 2.72. The molecule has 0 saturated carbocycles. The molecule has 0 aliphatic heterocycles. The smallest absolute Gasteiger partial charge is 0.390 e. The molecule has 0 amide bonds. The fourth-order valence-electron chi connectivity index (χ4n) is 0.398. The summed E-state index contributed by atoms with van der Waals surface area (Å²) in [5.74, 6) is -0.651. The highest BCUT2D eigenvalue weighted by atomic mass is 32.2. The SMILES string of the molecule is O=[N+]([O-])c1nc(S(=O)O)n[nH]1. The van der Waals surface area contributed by atoms with Crippen molar-refractivity contribution in [1.82, 2.24) is 15.2 Å². The molecular formula is C2H2N4O4S. The Balaban J connectivity index is 2.99. The number of hydrogen-bond donors (Lipinski definition) is 2. The summed E-state index contributed by atoms with van der Waals surface area (Å²) in [6.07, 6.45) is 0. The van der Waals surface area contributed by atoms with Crippen molar-refractivity contribution in [3.63, 3.8) is 0 Å². The van der Waals surface area contributed by atoms with Gasteiger partial charge in [-0.1, -0.05) is 5.10 Å². The Kier molecular flexibility index (Phi) is 1.92. The fraction of sp³-hybridized carbons (Fsp3) is 0. The monoisotopic (exact) mass is 178 g/mol. The lowest BCUT2D eigenvalue weighted by Gasteiger charge is -1.83. The van der Waals surface area contributed by atoms with Crippen molar-refractivity contribution in [2.75, 3.05) is 0 Å². The van der Waals surface area contributed by atoms with Crippen LogP contribution in [0.1, 0.15) is 0 Å². The molecule has 0 saturated heterocycles. The molecule has 11 heavy (non-hydrogen) atoms. The molecule has 1 atom stereocenters. The normalized spacial score (nSPS) is 12.8. The van der Waals surface area contributed by atoms with Crippen LogP contribution in [-0.2, 0) is 11.1 Å². The standard InChI is InChI=1S/C2H2N4O4S/c7-6(8)1-3-2(5-4-1)11(9)10/h(H,9,10)(H,3,4,5). The van der Waals surface area contributed by atoms with E-state index in [-0.39, 0.29) is 0 Å². The molecule has 1 heterocycles. The van der Waals surface area contributed by atoms with Gasteiger partial charge in [-0.2, -0.15) is 0 Å². The second-order valence-corrected chi connectivity index (χ2v) is 2.31. The van der Waals surface area contributed by atoms with Crippen molar-refractivity contribution < 1.29 is 13.7 Å². The molecule has 8 nitrogen and oxygen atoms in total. The maximum atomic E-state index is 10.2. The third kappa shape index (κ3) is 1.56. The minimum Gasteiger partial charge on any atom is -0.390 e. The summed E-state index contributed by atoms with van der Waals surface area (Å²) in [4.78, 5) is 12.2. The Bertz CT molecular complexity index is 278. The van der Waals surface area contributed by atoms with Crippen LogP contribution < -0.4 is 0 Å². The molecule has 9 heteroatoms. The van der Waals surface area contributed by atoms with Gasteiger partial charge in [-0.3, -0.25) is 4.55 Å². The minimum absolute atomic E-state index is 0.503. The summed E-state index contributed by atoms with van der Waals surface area (Å²) in [7, 11) is 0. The minimum atomic E-state index is -2.38. The molecule has 0 fully saturated rings.